The van der Waals surface area contributed by atoms with Gasteiger partial charge in [-0.2, -0.15) is 13.2 Å². The molecule has 0 saturated carbocycles. The molecule has 6 nitrogen and oxygen atoms in total. The maximum atomic E-state index is 12.8. The van der Waals surface area contributed by atoms with Crippen LogP contribution in [0.2, 0.25) is 0 Å². The molecule has 1 aliphatic heterocycles. The lowest BCUT2D eigenvalue weighted by atomic mass is 10.2. The number of nitrogens with one attached hydrogen (secondary N) is 2. The number of carbonyl (C=O) groups is 2. The lowest BCUT2D eigenvalue weighted by Crippen LogP contribution is -2.46. The van der Waals surface area contributed by atoms with Gasteiger partial charge in [0, 0.05) is 32.8 Å². The largest absolute Gasteiger partial charge is 0.419 e. The summed E-state index contributed by atoms with van der Waals surface area (Å²) in [6, 6.07) is 1.66. The maximum absolute atomic E-state index is 12.8. The van der Waals surface area contributed by atoms with E-state index in [1.807, 2.05) is 0 Å². The lowest BCUT2D eigenvalue weighted by Gasteiger charge is -2.22. The van der Waals surface area contributed by atoms with Gasteiger partial charge in [0.25, 0.3) is 0 Å². The first-order valence-electron chi connectivity index (χ1n) is 7.61. The normalized spacial score (nSPS) is 17.7. The second-order valence-electron chi connectivity index (χ2n) is 5.49. The van der Waals surface area contributed by atoms with E-state index >= 15 is 0 Å². The molecule has 2 rings (SSSR count). The minimum atomic E-state index is -4.49. The Bertz CT molecular complexity index is 607. The Morgan fingerprint density at radius 1 is 1.38 bits per heavy atom. The first-order chi connectivity index (χ1) is 11.3. The van der Waals surface area contributed by atoms with Crippen LogP contribution < -0.4 is 10.6 Å². The number of aromatic nitrogens is 1. The van der Waals surface area contributed by atoms with Gasteiger partial charge in [-0.15, -0.1) is 0 Å². The topological polar surface area (TPSA) is 74.3 Å². The zero-order valence-corrected chi connectivity index (χ0v) is 13.2. The minimum absolute atomic E-state index is 0.0959. The number of hydrogen-bond acceptors (Lipinski definition) is 4. The van der Waals surface area contributed by atoms with Gasteiger partial charge in [-0.3, -0.25) is 9.59 Å². The number of hydrogen-bond donors (Lipinski definition) is 2. The highest BCUT2D eigenvalue weighted by Crippen LogP contribution is 2.33. The number of anilines is 1. The fourth-order valence-corrected chi connectivity index (χ4v) is 2.68. The van der Waals surface area contributed by atoms with E-state index in [2.05, 4.69) is 15.6 Å². The van der Waals surface area contributed by atoms with Crippen LogP contribution >= 0.6 is 0 Å². The van der Waals surface area contributed by atoms with Crippen LogP contribution in [0, 0.1) is 0 Å². The van der Waals surface area contributed by atoms with Crippen molar-refractivity contribution in [3.05, 3.63) is 23.9 Å². The molecule has 0 spiro atoms. The zero-order valence-electron chi connectivity index (χ0n) is 13.2. The maximum Gasteiger partial charge on any atom is 0.419 e. The Balaban J connectivity index is 1.83. The van der Waals surface area contributed by atoms with Gasteiger partial charge in [0.15, 0.2) is 0 Å². The standard InChI is InChI=1S/C15H19F3N4O2/c1-10(23)22-9-3-5-12(22)14(24)21-8-7-20-13-11(15(16,17)18)4-2-6-19-13/h2,4,6,12H,3,5,7-9H2,1H3,(H,19,20)(H,21,24). The highest BCUT2D eigenvalue weighted by Gasteiger charge is 2.34. The molecule has 1 aromatic heterocycles. The van der Waals surface area contributed by atoms with Crippen LogP contribution in [0.4, 0.5) is 19.0 Å². The quantitative estimate of drug-likeness (QED) is 0.797. The van der Waals surface area contributed by atoms with Crippen molar-refractivity contribution < 1.29 is 22.8 Å². The van der Waals surface area contributed by atoms with Crippen molar-refractivity contribution in [2.24, 2.45) is 0 Å². The molecular weight excluding hydrogens is 325 g/mol. The van der Waals surface area contributed by atoms with E-state index in [-0.39, 0.29) is 30.7 Å². The number of halogens is 3. The molecule has 9 heteroatoms. The summed E-state index contributed by atoms with van der Waals surface area (Å²) in [4.78, 5) is 28.7. The van der Waals surface area contributed by atoms with E-state index in [9.17, 15) is 22.8 Å². The monoisotopic (exact) mass is 344 g/mol. The van der Waals surface area contributed by atoms with E-state index in [1.165, 1.54) is 24.1 Å². The first kappa shape index (κ1) is 18.0. The molecule has 132 valence electrons. The number of pyridine rings is 1. The van der Waals surface area contributed by atoms with E-state index in [4.69, 9.17) is 0 Å². The van der Waals surface area contributed by atoms with Crippen LogP contribution in [0.3, 0.4) is 0 Å². The van der Waals surface area contributed by atoms with Gasteiger partial charge in [-0.25, -0.2) is 4.98 Å². The SMILES string of the molecule is CC(=O)N1CCCC1C(=O)NCCNc1ncccc1C(F)(F)F. The van der Waals surface area contributed by atoms with Crippen molar-refractivity contribution >= 4 is 17.6 Å². The Labute approximate surface area is 137 Å². The summed E-state index contributed by atoms with van der Waals surface area (Å²) in [7, 11) is 0. The van der Waals surface area contributed by atoms with E-state index < -0.39 is 17.8 Å². The molecule has 2 heterocycles. The molecule has 1 fully saturated rings. The van der Waals surface area contributed by atoms with Gasteiger partial charge >= 0.3 is 6.18 Å². The summed E-state index contributed by atoms with van der Waals surface area (Å²) < 4.78 is 38.5. The molecule has 2 N–H and O–H groups in total. The first-order valence-corrected chi connectivity index (χ1v) is 7.61. The highest BCUT2D eigenvalue weighted by atomic mass is 19.4. The molecule has 1 atom stereocenters. The highest BCUT2D eigenvalue weighted by molar-refractivity contribution is 5.87. The zero-order chi connectivity index (χ0) is 17.7. The summed E-state index contributed by atoms with van der Waals surface area (Å²) in [5, 5.41) is 5.21. The molecule has 24 heavy (non-hydrogen) atoms. The second-order valence-corrected chi connectivity index (χ2v) is 5.49. The predicted octanol–water partition coefficient (Wildman–Crippen LogP) is 1.64. The van der Waals surface area contributed by atoms with Crippen LogP contribution in [-0.4, -0.2) is 47.4 Å². The van der Waals surface area contributed by atoms with Crippen molar-refractivity contribution in [3.63, 3.8) is 0 Å². The number of nitrogens with zero attached hydrogens (tertiary/aromatic N) is 2. The summed E-state index contributed by atoms with van der Waals surface area (Å²) in [5.41, 5.74) is -0.852. The number of carbonyl (C=O) groups excluding carboxylic acids is 2. The van der Waals surface area contributed by atoms with Crippen LogP contribution in [0.1, 0.15) is 25.3 Å². The van der Waals surface area contributed by atoms with Crippen molar-refractivity contribution in [3.8, 4) is 0 Å². The third-order valence-corrected chi connectivity index (χ3v) is 3.79. The van der Waals surface area contributed by atoms with Crippen LogP contribution in [0.5, 0.6) is 0 Å². The third-order valence-electron chi connectivity index (χ3n) is 3.79. The van der Waals surface area contributed by atoms with Gasteiger partial charge in [-0.05, 0) is 25.0 Å². The molecule has 2 amide bonds. The van der Waals surface area contributed by atoms with Crippen LogP contribution in [0.25, 0.3) is 0 Å². The van der Waals surface area contributed by atoms with Crippen molar-refractivity contribution in [1.29, 1.82) is 0 Å². The molecule has 1 unspecified atom stereocenters. The second kappa shape index (κ2) is 7.50. The smallest absolute Gasteiger partial charge is 0.368 e. The number of rotatable bonds is 5. The summed E-state index contributed by atoms with van der Waals surface area (Å²) in [5.74, 6) is -0.721. The van der Waals surface area contributed by atoms with Gasteiger partial charge in [-0.1, -0.05) is 0 Å². The lowest BCUT2D eigenvalue weighted by molar-refractivity contribution is -0.137. The molecule has 0 radical (unpaired) electrons. The Kier molecular flexibility index (Phi) is 5.63. The predicted molar refractivity (Wildman–Crippen MR) is 81.1 cm³/mol. The molecule has 0 aromatic carbocycles. The van der Waals surface area contributed by atoms with Crippen molar-refractivity contribution in [2.75, 3.05) is 25.0 Å². The minimum Gasteiger partial charge on any atom is -0.368 e. The summed E-state index contributed by atoms with van der Waals surface area (Å²) in [6.07, 6.45) is -1.87. The van der Waals surface area contributed by atoms with Gasteiger partial charge in [0.05, 0.1) is 5.56 Å². The van der Waals surface area contributed by atoms with Crippen LogP contribution in [-0.2, 0) is 15.8 Å². The van der Waals surface area contributed by atoms with Gasteiger partial charge < -0.3 is 15.5 Å². The Morgan fingerprint density at radius 2 is 2.12 bits per heavy atom. The summed E-state index contributed by atoms with van der Waals surface area (Å²) >= 11 is 0. The Morgan fingerprint density at radius 3 is 2.79 bits per heavy atom. The Hall–Kier alpha value is -2.32. The average Bonchev–Trinajstić information content (AvgIpc) is 3.00. The number of alkyl halides is 3. The van der Waals surface area contributed by atoms with Crippen molar-refractivity contribution in [1.82, 2.24) is 15.2 Å². The fraction of sp³-hybridized carbons (Fsp3) is 0.533. The number of amides is 2. The number of likely N-dealkylation sites (tertiary alicyclic amines) is 1. The van der Waals surface area contributed by atoms with E-state index in [0.717, 1.165) is 12.5 Å². The summed E-state index contributed by atoms with van der Waals surface area (Å²) in [6.45, 7) is 2.19. The third kappa shape index (κ3) is 4.36. The molecule has 0 bridgehead atoms. The molecule has 1 aliphatic rings. The van der Waals surface area contributed by atoms with Gasteiger partial charge in [0.2, 0.25) is 11.8 Å². The van der Waals surface area contributed by atoms with E-state index in [0.29, 0.717) is 13.0 Å². The molecule has 1 saturated heterocycles. The molecular formula is C15H19F3N4O2. The van der Waals surface area contributed by atoms with Crippen molar-refractivity contribution in [2.45, 2.75) is 32.0 Å². The molecule has 0 aliphatic carbocycles. The van der Waals surface area contributed by atoms with E-state index in [1.54, 1.807) is 0 Å². The molecule has 1 aromatic rings. The van der Waals surface area contributed by atoms with Crippen LogP contribution in [0.15, 0.2) is 18.3 Å². The van der Waals surface area contributed by atoms with Gasteiger partial charge in [0.1, 0.15) is 11.9 Å². The fourth-order valence-electron chi connectivity index (χ4n) is 2.68. The average molecular weight is 344 g/mol.